The Labute approximate surface area is 188 Å². The summed E-state index contributed by atoms with van der Waals surface area (Å²) >= 11 is 0. The molecule has 0 amide bonds. The first-order valence-corrected chi connectivity index (χ1v) is 11.5. The Morgan fingerprint density at radius 2 is 1.94 bits per heavy atom. The highest BCUT2D eigenvalue weighted by molar-refractivity contribution is 5.74. The largest absolute Gasteiger partial charge is 0.508 e. The van der Waals surface area contributed by atoms with E-state index in [1.165, 1.54) is 35.1 Å². The second-order valence-corrected chi connectivity index (χ2v) is 8.88. The molecule has 4 rings (SSSR count). The van der Waals surface area contributed by atoms with E-state index >= 15 is 0 Å². The van der Waals surface area contributed by atoms with Gasteiger partial charge in [0.1, 0.15) is 5.75 Å². The molecule has 0 radical (unpaired) electrons. The predicted octanol–water partition coefficient (Wildman–Crippen LogP) is 6.59. The van der Waals surface area contributed by atoms with Gasteiger partial charge in [0.15, 0.2) is 0 Å². The van der Waals surface area contributed by atoms with Crippen LogP contribution in [0.2, 0.25) is 0 Å². The van der Waals surface area contributed by atoms with Crippen molar-refractivity contribution in [2.24, 2.45) is 5.92 Å². The number of nitrogens with zero attached hydrogens (tertiary/aromatic N) is 1. The van der Waals surface area contributed by atoms with Gasteiger partial charge in [0.05, 0.1) is 6.61 Å². The van der Waals surface area contributed by atoms with E-state index in [-0.39, 0.29) is 7.43 Å². The maximum atomic E-state index is 10.2. The van der Waals surface area contributed by atoms with Crippen LogP contribution in [0.1, 0.15) is 63.1 Å². The quantitative estimate of drug-likeness (QED) is 0.547. The second-order valence-electron chi connectivity index (χ2n) is 8.88. The highest BCUT2D eigenvalue weighted by Gasteiger charge is 2.37. The number of hydrogen-bond acceptors (Lipinski definition) is 3. The molecule has 1 fully saturated rings. The zero-order valence-corrected chi connectivity index (χ0v) is 18.4. The van der Waals surface area contributed by atoms with Crippen molar-refractivity contribution in [1.29, 1.82) is 0 Å². The average Bonchev–Trinajstić information content (AvgIpc) is 3.29. The minimum atomic E-state index is 0. The van der Waals surface area contributed by atoms with Gasteiger partial charge in [-0.2, -0.15) is 0 Å². The minimum Gasteiger partial charge on any atom is -0.508 e. The van der Waals surface area contributed by atoms with Gasteiger partial charge < -0.3 is 9.84 Å². The number of aromatic hydroxyl groups is 1. The molecular weight excluding hydrogens is 382 g/mol. The lowest BCUT2D eigenvalue weighted by Crippen LogP contribution is -2.45. The molecule has 3 heteroatoms. The van der Waals surface area contributed by atoms with Gasteiger partial charge in [-0.15, -0.1) is 0 Å². The van der Waals surface area contributed by atoms with E-state index in [0.29, 0.717) is 17.7 Å². The zero-order valence-electron chi connectivity index (χ0n) is 18.4. The summed E-state index contributed by atoms with van der Waals surface area (Å²) in [6.07, 6.45) is 5.72. The van der Waals surface area contributed by atoms with Gasteiger partial charge in [-0.1, -0.05) is 57.2 Å². The van der Waals surface area contributed by atoms with Crippen molar-refractivity contribution in [2.45, 2.75) is 66.0 Å². The van der Waals surface area contributed by atoms with Crippen LogP contribution in [0.4, 0.5) is 0 Å². The third-order valence-corrected chi connectivity index (χ3v) is 6.77. The SMILES string of the molecule is C.CCCCC1=C(c2cc(O)ccc2C)CCN(Cc2ccccc2)C1C1CCOC1. The Morgan fingerprint density at radius 1 is 1.13 bits per heavy atom. The first-order chi connectivity index (χ1) is 14.7. The summed E-state index contributed by atoms with van der Waals surface area (Å²) in [5.74, 6) is 0.916. The van der Waals surface area contributed by atoms with Crippen LogP contribution in [-0.4, -0.2) is 35.8 Å². The number of rotatable bonds is 7. The van der Waals surface area contributed by atoms with Crippen molar-refractivity contribution in [3.8, 4) is 5.75 Å². The molecule has 2 aliphatic rings. The first-order valence-electron chi connectivity index (χ1n) is 11.5. The lowest BCUT2D eigenvalue weighted by Gasteiger charge is -2.42. The van der Waals surface area contributed by atoms with Gasteiger partial charge in [-0.05, 0) is 72.6 Å². The standard InChI is InChI=1S/C27H35NO2.CH4/c1-3-4-10-25-24(26-17-23(29)12-11-20(26)2)13-15-28(18-21-8-6-5-7-9-21)27(25)22-14-16-30-19-22;/h5-9,11-12,17,22,27,29H,3-4,10,13-16,18-19H2,1-2H3;1H4. The van der Waals surface area contributed by atoms with Gasteiger partial charge in [0.25, 0.3) is 0 Å². The van der Waals surface area contributed by atoms with Crippen LogP contribution in [0.3, 0.4) is 0 Å². The summed E-state index contributed by atoms with van der Waals surface area (Å²) in [4.78, 5) is 2.70. The average molecular weight is 422 g/mol. The fourth-order valence-electron chi connectivity index (χ4n) is 5.24. The summed E-state index contributed by atoms with van der Waals surface area (Å²) in [7, 11) is 0. The number of phenolic OH excluding ortho intramolecular Hbond substituents is 1. The first kappa shape index (κ1) is 23.6. The second kappa shape index (κ2) is 11.0. The molecule has 1 saturated heterocycles. The van der Waals surface area contributed by atoms with Crippen molar-refractivity contribution >= 4 is 5.57 Å². The molecular formula is C28H39NO2. The van der Waals surface area contributed by atoms with Gasteiger partial charge in [0, 0.05) is 31.7 Å². The Kier molecular flexibility index (Phi) is 8.34. The molecule has 31 heavy (non-hydrogen) atoms. The van der Waals surface area contributed by atoms with Crippen molar-refractivity contribution in [3.63, 3.8) is 0 Å². The molecule has 2 aromatic carbocycles. The number of unbranched alkanes of at least 4 members (excludes halogenated alkanes) is 1. The fraction of sp³-hybridized carbons (Fsp3) is 0.500. The normalized spacial score (nSPS) is 21.9. The molecule has 2 unspecified atom stereocenters. The van der Waals surface area contributed by atoms with E-state index < -0.39 is 0 Å². The lowest BCUT2D eigenvalue weighted by molar-refractivity contribution is 0.125. The van der Waals surface area contributed by atoms with E-state index in [4.69, 9.17) is 4.74 Å². The van der Waals surface area contributed by atoms with Crippen molar-refractivity contribution < 1.29 is 9.84 Å². The smallest absolute Gasteiger partial charge is 0.116 e. The van der Waals surface area contributed by atoms with Gasteiger partial charge in [-0.3, -0.25) is 4.90 Å². The Hall–Kier alpha value is -2.10. The van der Waals surface area contributed by atoms with Gasteiger partial charge >= 0.3 is 0 Å². The van der Waals surface area contributed by atoms with Crippen molar-refractivity contribution in [3.05, 3.63) is 70.8 Å². The summed E-state index contributed by atoms with van der Waals surface area (Å²) in [6.45, 7) is 8.22. The van der Waals surface area contributed by atoms with Crippen LogP contribution in [0.25, 0.3) is 5.57 Å². The van der Waals surface area contributed by atoms with E-state index in [0.717, 1.165) is 45.6 Å². The minimum absolute atomic E-state index is 0. The maximum Gasteiger partial charge on any atom is 0.116 e. The van der Waals surface area contributed by atoms with Gasteiger partial charge in [0.2, 0.25) is 0 Å². The third-order valence-electron chi connectivity index (χ3n) is 6.77. The van der Waals surface area contributed by atoms with Crippen LogP contribution in [0, 0.1) is 12.8 Å². The highest BCUT2D eigenvalue weighted by atomic mass is 16.5. The molecule has 0 saturated carbocycles. The van der Waals surface area contributed by atoms with Crippen LogP contribution >= 0.6 is 0 Å². The van der Waals surface area contributed by atoms with E-state index in [9.17, 15) is 5.11 Å². The van der Waals surface area contributed by atoms with Crippen LogP contribution in [0.5, 0.6) is 5.75 Å². The summed E-state index contributed by atoms with van der Waals surface area (Å²) in [5, 5.41) is 10.2. The molecule has 0 aromatic heterocycles. The summed E-state index contributed by atoms with van der Waals surface area (Å²) < 4.78 is 5.86. The number of ether oxygens (including phenoxy) is 1. The van der Waals surface area contributed by atoms with Crippen LogP contribution in [-0.2, 0) is 11.3 Å². The van der Waals surface area contributed by atoms with E-state index in [1.54, 1.807) is 11.6 Å². The van der Waals surface area contributed by atoms with Crippen molar-refractivity contribution in [1.82, 2.24) is 4.90 Å². The van der Waals surface area contributed by atoms with Crippen LogP contribution in [0.15, 0.2) is 54.1 Å². The molecule has 0 spiro atoms. The number of benzene rings is 2. The molecule has 2 aliphatic heterocycles. The van der Waals surface area contributed by atoms with E-state index in [1.807, 2.05) is 6.07 Å². The molecule has 0 aliphatic carbocycles. The number of hydrogen-bond donors (Lipinski definition) is 1. The molecule has 2 aromatic rings. The number of aryl methyl sites for hydroxylation is 1. The monoisotopic (exact) mass is 421 g/mol. The maximum absolute atomic E-state index is 10.2. The predicted molar refractivity (Wildman–Crippen MR) is 130 cm³/mol. The lowest BCUT2D eigenvalue weighted by atomic mass is 9.78. The molecule has 2 atom stereocenters. The fourth-order valence-corrected chi connectivity index (χ4v) is 5.24. The topological polar surface area (TPSA) is 32.7 Å². The molecule has 3 nitrogen and oxygen atoms in total. The number of phenols is 1. The molecule has 0 bridgehead atoms. The molecule has 168 valence electrons. The zero-order chi connectivity index (χ0) is 20.9. The Balaban J connectivity index is 0.00000272. The van der Waals surface area contributed by atoms with Crippen LogP contribution < -0.4 is 0 Å². The Bertz CT molecular complexity index is 868. The van der Waals surface area contributed by atoms with Gasteiger partial charge in [-0.25, -0.2) is 0 Å². The summed E-state index contributed by atoms with van der Waals surface area (Å²) in [5.41, 5.74) is 6.94. The molecule has 2 heterocycles. The summed E-state index contributed by atoms with van der Waals surface area (Å²) in [6, 6.07) is 17.1. The van der Waals surface area contributed by atoms with Crippen molar-refractivity contribution in [2.75, 3.05) is 19.8 Å². The third kappa shape index (κ3) is 5.39. The van der Waals surface area contributed by atoms with E-state index in [2.05, 4.69) is 55.1 Å². The highest BCUT2D eigenvalue weighted by Crippen LogP contribution is 2.41. The molecule has 1 N–H and O–H groups in total. The Morgan fingerprint density at radius 3 is 2.65 bits per heavy atom.